The van der Waals surface area contributed by atoms with E-state index in [9.17, 15) is 0 Å². The average Bonchev–Trinajstić information content (AvgIpc) is 2.55. The third kappa shape index (κ3) is 1.58. The summed E-state index contributed by atoms with van der Waals surface area (Å²) in [6.45, 7) is 3.16. The Kier molecular flexibility index (Phi) is 2.16. The van der Waals surface area contributed by atoms with Crippen molar-refractivity contribution >= 4 is 23.1 Å². The first-order valence-corrected chi connectivity index (χ1v) is 5.56. The maximum absolute atomic E-state index is 4.43. The van der Waals surface area contributed by atoms with Gasteiger partial charge in [-0.2, -0.15) is 0 Å². The van der Waals surface area contributed by atoms with Crippen LogP contribution < -0.4 is 5.32 Å². The van der Waals surface area contributed by atoms with E-state index >= 15 is 0 Å². The summed E-state index contributed by atoms with van der Waals surface area (Å²) in [7, 11) is 0. The number of rotatable bonds is 1. The van der Waals surface area contributed by atoms with Crippen molar-refractivity contribution in [3.63, 3.8) is 0 Å². The van der Waals surface area contributed by atoms with Crippen molar-refractivity contribution in [1.29, 1.82) is 0 Å². The number of aryl methyl sites for hydroxylation is 1. The molecular weight excluding hydrogens is 176 g/mol. The molecule has 1 unspecified atom stereocenters. The number of nitrogens with one attached hydrogen (secondary N) is 1. The minimum absolute atomic E-state index is 0.466. The molecule has 1 fully saturated rings. The lowest BCUT2D eigenvalue weighted by atomic mass is 10.5. The van der Waals surface area contributed by atoms with Crippen LogP contribution >= 0.6 is 23.1 Å². The van der Waals surface area contributed by atoms with Gasteiger partial charge < -0.3 is 0 Å². The fraction of sp³-hybridized carbons (Fsp3) is 0.571. The van der Waals surface area contributed by atoms with Crippen molar-refractivity contribution in [1.82, 2.24) is 10.3 Å². The van der Waals surface area contributed by atoms with Crippen molar-refractivity contribution < 1.29 is 0 Å². The van der Waals surface area contributed by atoms with Gasteiger partial charge in [0.05, 0.1) is 0 Å². The molecule has 1 aromatic rings. The van der Waals surface area contributed by atoms with Crippen LogP contribution in [-0.4, -0.2) is 17.3 Å². The van der Waals surface area contributed by atoms with Gasteiger partial charge in [0.2, 0.25) is 0 Å². The fourth-order valence-electron chi connectivity index (χ4n) is 1.08. The van der Waals surface area contributed by atoms with E-state index in [-0.39, 0.29) is 0 Å². The number of aromatic nitrogens is 1. The van der Waals surface area contributed by atoms with Crippen LogP contribution in [0.5, 0.6) is 0 Å². The standard InChI is InChI=1S/C7H10N2S2/c1-5-4-11-7(9-5)6-8-2-3-10-6/h4,6,8H,2-3H2,1H3. The van der Waals surface area contributed by atoms with Crippen LogP contribution in [0.1, 0.15) is 16.1 Å². The minimum atomic E-state index is 0.466. The second-order valence-corrected chi connectivity index (χ2v) is 4.63. The second kappa shape index (κ2) is 3.13. The van der Waals surface area contributed by atoms with Crippen LogP contribution in [0.4, 0.5) is 0 Å². The summed E-state index contributed by atoms with van der Waals surface area (Å²) in [5.74, 6) is 1.21. The van der Waals surface area contributed by atoms with Crippen LogP contribution in [0.2, 0.25) is 0 Å². The molecule has 2 nitrogen and oxygen atoms in total. The predicted molar refractivity (Wildman–Crippen MR) is 50.1 cm³/mol. The molecule has 4 heteroatoms. The SMILES string of the molecule is Cc1csc(C2NCCS2)n1. The van der Waals surface area contributed by atoms with Gasteiger partial charge in [0.25, 0.3) is 0 Å². The first kappa shape index (κ1) is 7.58. The van der Waals surface area contributed by atoms with Crippen LogP contribution in [0.3, 0.4) is 0 Å². The molecule has 1 aliphatic rings. The van der Waals surface area contributed by atoms with E-state index in [4.69, 9.17) is 0 Å². The maximum atomic E-state index is 4.43. The third-order valence-electron chi connectivity index (χ3n) is 1.58. The molecule has 1 N–H and O–H groups in total. The molecule has 1 aliphatic heterocycles. The molecule has 11 heavy (non-hydrogen) atoms. The highest BCUT2D eigenvalue weighted by atomic mass is 32.2. The molecule has 1 aromatic heterocycles. The van der Waals surface area contributed by atoms with Crippen molar-refractivity contribution in [2.45, 2.75) is 12.3 Å². The summed E-state index contributed by atoms with van der Waals surface area (Å²) in [6.07, 6.45) is 0. The first-order valence-electron chi connectivity index (χ1n) is 3.63. The quantitative estimate of drug-likeness (QED) is 0.724. The van der Waals surface area contributed by atoms with Crippen molar-refractivity contribution in [2.24, 2.45) is 0 Å². The lowest BCUT2D eigenvalue weighted by Crippen LogP contribution is -2.11. The molecule has 60 valence electrons. The van der Waals surface area contributed by atoms with Crippen LogP contribution in [0.15, 0.2) is 5.38 Å². The summed E-state index contributed by atoms with van der Waals surface area (Å²) in [5, 5.41) is 7.20. The van der Waals surface area contributed by atoms with Crippen molar-refractivity contribution in [3.05, 3.63) is 16.1 Å². The Morgan fingerprint density at radius 1 is 1.73 bits per heavy atom. The van der Waals surface area contributed by atoms with Gasteiger partial charge in [-0.05, 0) is 6.92 Å². The van der Waals surface area contributed by atoms with Crippen LogP contribution in [0, 0.1) is 6.92 Å². The monoisotopic (exact) mass is 186 g/mol. The Morgan fingerprint density at radius 3 is 3.18 bits per heavy atom. The summed E-state index contributed by atoms with van der Waals surface area (Å²) in [5.41, 5.74) is 1.14. The van der Waals surface area contributed by atoms with E-state index in [1.54, 1.807) is 11.3 Å². The smallest absolute Gasteiger partial charge is 0.120 e. The van der Waals surface area contributed by atoms with Crippen LogP contribution in [0.25, 0.3) is 0 Å². The number of nitrogens with zero attached hydrogens (tertiary/aromatic N) is 1. The highest BCUT2D eigenvalue weighted by Gasteiger charge is 2.18. The molecule has 0 spiro atoms. The zero-order valence-electron chi connectivity index (χ0n) is 6.33. The molecule has 0 bridgehead atoms. The highest BCUT2D eigenvalue weighted by molar-refractivity contribution is 7.99. The normalized spacial score (nSPS) is 24.3. The van der Waals surface area contributed by atoms with Gasteiger partial charge in [-0.3, -0.25) is 5.32 Å². The lowest BCUT2D eigenvalue weighted by Gasteiger charge is -2.02. The van der Waals surface area contributed by atoms with E-state index in [0.717, 1.165) is 12.2 Å². The molecule has 2 heterocycles. The van der Waals surface area contributed by atoms with E-state index in [1.165, 1.54) is 10.8 Å². The highest BCUT2D eigenvalue weighted by Crippen LogP contribution is 2.31. The molecule has 1 atom stereocenters. The van der Waals surface area contributed by atoms with Gasteiger partial charge in [0.15, 0.2) is 0 Å². The predicted octanol–water partition coefficient (Wildman–Crippen LogP) is 1.79. The van der Waals surface area contributed by atoms with Gasteiger partial charge in [-0.15, -0.1) is 23.1 Å². The second-order valence-electron chi connectivity index (χ2n) is 2.53. The molecule has 0 saturated carbocycles. The zero-order valence-corrected chi connectivity index (χ0v) is 7.97. The summed E-state index contributed by atoms with van der Waals surface area (Å²) >= 11 is 3.70. The van der Waals surface area contributed by atoms with Crippen molar-refractivity contribution in [2.75, 3.05) is 12.3 Å². The number of hydrogen-bond donors (Lipinski definition) is 1. The Bertz CT molecular complexity index is 240. The average molecular weight is 186 g/mol. The molecule has 0 amide bonds. The molecule has 0 radical (unpaired) electrons. The summed E-state index contributed by atoms with van der Waals surface area (Å²) < 4.78 is 0. The topological polar surface area (TPSA) is 24.9 Å². The molecular formula is C7H10N2S2. The Morgan fingerprint density at radius 2 is 2.64 bits per heavy atom. The van der Waals surface area contributed by atoms with E-state index in [2.05, 4.69) is 15.7 Å². The number of hydrogen-bond acceptors (Lipinski definition) is 4. The maximum Gasteiger partial charge on any atom is 0.120 e. The summed E-state index contributed by atoms with van der Waals surface area (Å²) in [4.78, 5) is 4.43. The van der Waals surface area contributed by atoms with E-state index < -0.39 is 0 Å². The van der Waals surface area contributed by atoms with Gasteiger partial charge >= 0.3 is 0 Å². The fourth-order valence-corrected chi connectivity index (χ4v) is 3.10. The minimum Gasteiger partial charge on any atom is -0.299 e. The first-order chi connectivity index (χ1) is 5.36. The Labute approximate surface area is 74.4 Å². The Balaban J connectivity index is 2.15. The lowest BCUT2D eigenvalue weighted by molar-refractivity contribution is 0.744. The molecule has 0 aliphatic carbocycles. The van der Waals surface area contributed by atoms with Crippen LogP contribution in [-0.2, 0) is 0 Å². The Hall–Kier alpha value is -0.0600. The largest absolute Gasteiger partial charge is 0.299 e. The number of thioether (sulfide) groups is 1. The van der Waals surface area contributed by atoms with Crippen molar-refractivity contribution in [3.8, 4) is 0 Å². The zero-order chi connectivity index (χ0) is 7.68. The summed E-state index contributed by atoms with van der Waals surface area (Å²) in [6, 6.07) is 0. The molecule has 1 saturated heterocycles. The van der Waals surface area contributed by atoms with Gasteiger partial charge in [0, 0.05) is 23.4 Å². The van der Waals surface area contributed by atoms with Gasteiger partial charge in [-0.25, -0.2) is 4.98 Å². The number of thiazole rings is 1. The molecule has 0 aromatic carbocycles. The van der Waals surface area contributed by atoms with Gasteiger partial charge in [0.1, 0.15) is 10.4 Å². The van der Waals surface area contributed by atoms with Gasteiger partial charge in [-0.1, -0.05) is 0 Å². The molecule has 2 rings (SSSR count). The third-order valence-corrected chi connectivity index (χ3v) is 3.92. The van der Waals surface area contributed by atoms with E-state index in [1.807, 2.05) is 18.7 Å². The van der Waals surface area contributed by atoms with E-state index in [0.29, 0.717) is 5.37 Å².